The third-order valence-electron chi connectivity index (χ3n) is 2.93. The maximum absolute atomic E-state index is 5.99. The van der Waals surface area contributed by atoms with Crippen molar-refractivity contribution < 1.29 is 9.47 Å². The van der Waals surface area contributed by atoms with Crippen LogP contribution in [0.2, 0.25) is 5.02 Å². The smallest absolute Gasteiger partial charge is 0.142 e. The maximum atomic E-state index is 5.99. The predicted octanol–water partition coefficient (Wildman–Crippen LogP) is 4.00. The zero-order valence-electron chi connectivity index (χ0n) is 11.7. The number of nitrogens with two attached hydrogens (primary N) is 1. The van der Waals surface area contributed by atoms with Crippen LogP contribution in [0.4, 0.5) is 5.69 Å². The number of hydrogen-bond acceptors (Lipinski definition) is 3. The summed E-state index contributed by atoms with van der Waals surface area (Å²) in [4.78, 5) is 0. The van der Waals surface area contributed by atoms with E-state index in [1.54, 1.807) is 0 Å². The summed E-state index contributed by atoms with van der Waals surface area (Å²) in [6.45, 7) is 4.85. The molecule has 106 valence electrons. The molecular formula is C16H18ClNO2. The molecule has 0 aliphatic rings. The highest BCUT2D eigenvalue weighted by molar-refractivity contribution is 6.30. The number of halogens is 1. The Balaban J connectivity index is 1.90. The van der Waals surface area contributed by atoms with Crippen molar-refractivity contribution in [1.82, 2.24) is 0 Å². The van der Waals surface area contributed by atoms with Crippen LogP contribution in [-0.4, -0.2) is 13.2 Å². The second-order valence-corrected chi connectivity index (χ2v) is 5.04. The molecule has 0 heterocycles. The first kappa shape index (κ1) is 14.5. The first-order valence-corrected chi connectivity index (χ1v) is 6.82. The first-order chi connectivity index (χ1) is 9.58. The van der Waals surface area contributed by atoms with Crippen LogP contribution in [0.1, 0.15) is 11.1 Å². The van der Waals surface area contributed by atoms with Gasteiger partial charge in [-0.2, -0.15) is 0 Å². The van der Waals surface area contributed by atoms with Crippen LogP contribution in [0.5, 0.6) is 11.5 Å². The average molecular weight is 292 g/mol. The monoisotopic (exact) mass is 291 g/mol. The Bertz CT molecular complexity index is 576. The van der Waals surface area contributed by atoms with Gasteiger partial charge in [-0.3, -0.25) is 0 Å². The second kappa shape index (κ2) is 6.53. The molecule has 0 spiro atoms. The van der Waals surface area contributed by atoms with Crippen molar-refractivity contribution in [3.63, 3.8) is 0 Å². The molecule has 0 unspecified atom stereocenters. The molecule has 2 aromatic rings. The van der Waals surface area contributed by atoms with Gasteiger partial charge in [0.15, 0.2) is 0 Å². The lowest BCUT2D eigenvalue weighted by molar-refractivity contribution is 0.216. The number of nitrogen functional groups attached to an aromatic ring is 1. The Morgan fingerprint density at radius 1 is 1.00 bits per heavy atom. The van der Waals surface area contributed by atoms with Crippen molar-refractivity contribution in [3.8, 4) is 11.5 Å². The van der Waals surface area contributed by atoms with E-state index in [1.165, 1.54) is 0 Å². The Morgan fingerprint density at radius 3 is 2.25 bits per heavy atom. The molecule has 0 radical (unpaired) electrons. The first-order valence-electron chi connectivity index (χ1n) is 6.45. The van der Waals surface area contributed by atoms with Gasteiger partial charge in [-0.25, -0.2) is 0 Å². The molecule has 4 heteroatoms. The number of anilines is 1. The summed E-state index contributed by atoms with van der Waals surface area (Å²) in [5.74, 6) is 1.54. The fourth-order valence-corrected chi connectivity index (χ4v) is 2.36. The Hall–Kier alpha value is -1.87. The molecule has 0 fully saturated rings. The highest BCUT2D eigenvalue weighted by Gasteiger charge is 2.06. The average Bonchev–Trinajstić information content (AvgIpc) is 2.38. The molecule has 0 aliphatic carbocycles. The topological polar surface area (TPSA) is 44.5 Å². The van der Waals surface area contributed by atoms with Crippen LogP contribution in [0.25, 0.3) is 0 Å². The minimum absolute atomic E-state index is 0.440. The summed E-state index contributed by atoms with van der Waals surface area (Å²) in [7, 11) is 0. The molecule has 20 heavy (non-hydrogen) atoms. The van der Waals surface area contributed by atoms with E-state index in [0.29, 0.717) is 24.7 Å². The summed E-state index contributed by atoms with van der Waals surface area (Å²) >= 11 is 5.99. The van der Waals surface area contributed by atoms with Gasteiger partial charge in [-0.15, -0.1) is 0 Å². The molecule has 2 N–H and O–H groups in total. The van der Waals surface area contributed by atoms with Crippen LogP contribution in [-0.2, 0) is 0 Å². The van der Waals surface area contributed by atoms with Gasteiger partial charge in [0.1, 0.15) is 24.7 Å². The van der Waals surface area contributed by atoms with Crippen molar-refractivity contribution in [2.45, 2.75) is 13.8 Å². The third kappa shape index (κ3) is 3.58. The zero-order chi connectivity index (χ0) is 14.5. The summed E-state index contributed by atoms with van der Waals surface area (Å²) in [6, 6.07) is 11.2. The van der Waals surface area contributed by atoms with E-state index in [-0.39, 0.29) is 0 Å². The van der Waals surface area contributed by atoms with E-state index in [0.717, 1.165) is 21.9 Å². The van der Waals surface area contributed by atoms with Crippen LogP contribution >= 0.6 is 11.6 Å². The molecular weight excluding hydrogens is 274 g/mol. The molecule has 3 nitrogen and oxygen atoms in total. The number of para-hydroxylation sites is 2. The van der Waals surface area contributed by atoms with Crippen LogP contribution < -0.4 is 15.2 Å². The van der Waals surface area contributed by atoms with Gasteiger partial charge in [0, 0.05) is 5.02 Å². The summed E-state index contributed by atoms with van der Waals surface area (Å²) in [5, 5.41) is 0.723. The predicted molar refractivity (Wildman–Crippen MR) is 82.8 cm³/mol. The summed E-state index contributed by atoms with van der Waals surface area (Å²) < 4.78 is 11.3. The number of ether oxygens (including phenoxy) is 2. The lowest BCUT2D eigenvalue weighted by Gasteiger charge is -2.13. The van der Waals surface area contributed by atoms with E-state index < -0.39 is 0 Å². The van der Waals surface area contributed by atoms with Gasteiger partial charge in [-0.05, 0) is 49.2 Å². The number of aryl methyl sites for hydroxylation is 2. The minimum atomic E-state index is 0.440. The van der Waals surface area contributed by atoms with Gasteiger partial charge in [0.05, 0.1) is 5.69 Å². The van der Waals surface area contributed by atoms with Crippen LogP contribution in [0, 0.1) is 13.8 Å². The molecule has 0 amide bonds. The lowest BCUT2D eigenvalue weighted by atomic mass is 10.1. The van der Waals surface area contributed by atoms with Crippen molar-refractivity contribution in [2.75, 3.05) is 18.9 Å². The van der Waals surface area contributed by atoms with Gasteiger partial charge >= 0.3 is 0 Å². The largest absolute Gasteiger partial charge is 0.489 e. The molecule has 0 saturated heterocycles. The van der Waals surface area contributed by atoms with Crippen molar-refractivity contribution in [3.05, 3.63) is 52.5 Å². The minimum Gasteiger partial charge on any atom is -0.489 e. The normalized spacial score (nSPS) is 10.3. The molecule has 2 rings (SSSR count). The molecule has 0 aliphatic heterocycles. The Labute approximate surface area is 124 Å². The second-order valence-electron chi connectivity index (χ2n) is 4.60. The van der Waals surface area contributed by atoms with Crippen molar-refractivity contribution in [1.29, 1.82) is 0 Å². The Kier molecular flexibility index (Phi) is 4.74. The standard InChI is InChI=1S/C16H18ClNO2/c1-11-9-13(17)10-12(2)16(11)20-8-7-19-15-6-4-3-5-14(15)18/h3-6,9-10H,7-8,18H2,1-2H3. The van der Waals surface area contributed by atoms with Crippen LogP contribution in [0.3, 0.4) is 0 Å². The van der Waals surface area contributed by atoms with Gasteiger partial charge in [0.2, 0.25) is 0 Å². The van der Waals surface area contributed by atoms with Crippen molar-refractivity contribution >= 4 is 17.3 Å². The van der Waals surface area contributed by atoms with Gasteiger partial charge < -0.3 is 15.2 Å². The molecule has 0 saturated carbocycles. The quantitative estimate of drug-likeness (QED) is 0.669. The van der Waals surface area contributed by atoms with E-state index in [9.17, 15) is 0 Å². The van der Waals surface area contributed by atoms with Gasteiger partial charge in [0.25, 0.3) is 0 Å². The molecule has 0 atom stereocenters. The fraction of sp³-hybridized carbons (Fsp3) is 0.250. The Morgan fingerprint density at radius 2 is 1.60 bits per heavy atom. The van der Waals surface area contributed by atoms with E-state index >= 15 is 0 Å². The van der Waals surface area contributed by atoms with Gasteiger partial charge in [-0.1, -0.05) is 23.7 Å². The van der Waals surface area contributed by atoms with E-state index in [1.807, 2.05) is 50.2 Å². The SMILES string of the molecule is Cc1cc(Cl)cc(C)c1OCCOc1ccccc1N. The summed E-state index contributed by atoms with van der Waals surface area (Å²) in [6.07, 6.45) is 0. The highest BCUT2D eigenvalue weighted by Crippen LogP contribution is 2.27. The maximum Gasteiger partial charge on any atom is 0.142 e. The third-order valence-corrected chi connectivity index (χ3v) is 3.15. The molecule has 0 bridgehead atoms. The van der Waals surface area contributed by atoms with Crippen molar-refractivity contribution in [2.24, 2.45) is 0 Å². The number of benzene rings is 2. The fourth-order valence-electron chi connectivity index (χ4n) is 2.03. The number of hydrogen-bond donors (Lipinski definition) is 1. The van der Waals surface area contributed by atoms with E-state index in [2.05, 4.69) is 0 Å². The molecule has 2 aromatic carbocycles. The lowest BCUT2D eigenvalue weighted by Crippen LogP contribution is -2.11. The van der Waals surface area contributed by atoms with E-state index in [4.69, 9.17) is 26.8 Å². The van der Waals surface area contributed by atoms with Crippen LogP contribution in [0.15, 0.2) is 36.4 Å². The highest BCUT2D eigenvalue weighted by atomic mass is 35.5. The number of rotatable bonds is 5. The molecule has 0 aromatic heterocycles. The summed E-state index contributed by atoms with van der Waals surface area (Å²) in [5.41, 5.74) is 8.47. The zero-order valence-corrected chi connectivity index (χ0v) is 12.4.